The number of carbonyl (C=O) groups excluding carboxylic acids is 2. The molecule has 0 fully saturated rings. The van der Waals surface area contributed by atoms with Gasteiger partial charge in [0.2, 0.25) is 0 Å². The van der Waals surface area contributed by atoms with E-state index in [2.05, 4.69) is 12.2 Å². The average Bonchev–Trinajstić information content (AvgIpc) is 3.07. The van der Waals surface area contributed by atoms with Crippen LogP contribution in [0.1, 0.15) is 42.5 Å². The quantitative estimate of drug-likeness (QED) is 0.421. The maximum atomic E-state index is 13.7. The molecule has 2 amide bonds. The molecule has 1 N–H and O–H groups in total. The molecule has 0 aliphatic carbocycles. The van der Waals surface area contributed by atoms with Crippen molar-refractivity contribution in [2.45, 2.75) is 40.5 Å². The molecule has 5 nitrogen and oxygen atoms in total. The van der Waals surface area contributed by atoms with Crippen LogP contribution in [0, 0.1) is 13.8 Å². The van der Waals surface area contributed by atoms with E-state index < -0.39 is 0 Å². The van der Waals surface area contributed by atoms with E-state index in [9.17, 15) is 9.59 Å². The largest absolute Gasteiger partial charge is 0.494 e. The van der Waals surface area contributed by atoms with Gasteiger partial charge in [-0.1, -0.05) is 55.8 Å². The molecule has 5 heteroatoms. The summed E-state index contributed by atoms with van der Waals surface area (Å²) >= 11 is 0. The predicted octanol–water partition coefficient (Wildman–Crippen LogP) is 6.05. The number of nitrogens with zero attached hydrogens (tertiary/aromatic N) is 1. The van der Waals surface area contributed by atoms with Crippen LogP contribution in [0.3, 0.4) is 0 Å². The van der Waals surface area contributed by atoms with E-state index in [1.54, 1.807) is 18.2 Å². The first-order valence-corrected chi connectivity index (χ1v) is 11.7. The van der Waals surface area contributed by atoms with Crippen molar-refractivity contribution < 1.29 is 14.3 Å². The number of hydrogen-bond acceptors (Lipinski definition) is 4. The molecule has 174 valence electrons. The van der Waals surface area contributed by atoms with Crippen molar-refractivity contribution in [2.24, 2.45) is 0 Å². The number of amides is 2. The third-order valence-corrected chi connectivity index (χ3v) is 5.92. The summed E-state index contributed by atoms with van der Waals surface area (Å²) in [5.74, 6) is -0.103. The van der Waals surface area contributed by atoms with E-state index in [1.807, 2.05) is 69.3 Å². The third-order valence-electron chi connectivity index (χ3n) is 5.92. The number of imide groups is 1. The standard InChI is InChI=1S/C29H30N2O3/c1-5-16-34-24-9-7-8-23(18-24)31-28(32)26(25-15-10-19(3)17-20(25)4)27(29(31)33)30-22-13-11-21(6-2)12-14-22/h7-15,17-18,30H,5-6,16H2,1-4H3. The molecular formula is C29H30N2O3. The molecule has 0 radical (unpaired) electrons. The first-order valence-electron chi connectivity index (χ1n) is 11.7. The maximum absolute atomic E-state index is 13.7. The minimum atomic E-state index is -0.382. The minimum Gasteiger partial charge on any atom is -0.494 e. The van der Waals surface area contributed by atoms with Gasteiger partial charge in [-0.25, -0.2) is 4.90 Å². The van der Waals surface area contributed by atoms with Gasteiger partial charge in [0.05, 0.1) is 17.9 Å². The first kappa shape index (κ1) is 23.3. The number of hydrogen-bond donors (Lipinski definition) is 1. The summed E-state index contributed by atoms with van der Waals surface area (Å²) < 4.78 is 5.74. The van der Waals surface area contributed by atoms with Crippen LogP contribution in [-0.2, 0) is 16.0 Å². The lowest BCUT2D eigenvalue weighted by molar-refractivity contribution is -0.120. The number of anilines is 2. The Labute approximate surface area is 201 Å². The van der Waals surface area contributed by atoms with E-state index in [-0.39, 0.29) is 17.5 Å². The van der Waals surface area contributed by atoms with Crippen molar-refractivity contribution in [2.75, 3.05) is 16.8 Å². The Morgan fingerprint density at radius 2 is 1.65 bits per heavy atom. The van der Waals surface area contributed by atoms with E-state index in [1.165, 1.54) is 10.5 Å². The van der Waals surface area contributed by atoms with E-state index in [4.69, 9.17) is 4.74 Å². The van der Waals surface area contributed by atoms with Crippen LogP contribution in [0.2, 0.25) is 0 Å². The van der Waals surface area contributed by atoms with Gasteiger partial charge in [0, 0.05) is 11.8 Å². The number of aryl methyl sites for hydroxylation is 3. The fourth-order valence-electron chi connectivity index (χ4n) is 4.12. The van der Waals surface area contributed by atoms with Gasteiger partial charge < -0.3 is 10.1 Å². The molecule has 0 aromatic heterocycles. The average molecular weight is 455 g/mol. The Hall–Kier alpha value is -3.86. The highest BCUT2D eigenvalue weighted by Crippen LogP contribution is 2.36. The molecule has 34 heavy (non-hydrogen) atoms. The zero-order valence-electron chi connectivity index (χ0n) is 20.1. The van der Waals surface area contributed by atoms with Crippen LogP contribution in [0.4, 0.5) is 11.4 Å². The highest BCUT2D eigenvalue weighted by Gasteiger charge is 2.40. The van der Waals surface area contributed by atoms with Gasteiger partial charge in [0.1, 0.15) is 11.4 Å². The van der Waals surface area contributed by atoms with Crippen molar-refractivity contribution in [3.05, 3.63) is 94.7 Å². The third kappa shape index (κ3) is 4.60. The molecule has 3 aromatic carbocycles. The number of rotatable bonds is 8. The van der Waals surface area contributed by atoms with Crippen LogP contribution in [0.25, 0.3) is 5.57 Å². The van der Waals surface area contributed by atoms with Crippen LogP contribution in [0.15, 0.2) is 72.4 Å². The summed E-state index contributed by atoms with van der Waals surface area (Å²) in [5.41, 5.74) is 5.90. The van der Waals surface area contributed by atoms with Crippen molar-refractivity contribution in [1.29, 1.82) is 0 Å². The smallest absolute Gasteiger partial charge is 0.282 e. The normalized spacial score (nSPS) is 13.6. The molecule has 0 unspecified atom stereocenters. The maximum Gasteiger partial charge on any atom is 0.282 e. The summed E-state index contributed by atoms with van der Waals surface area (Å²) in [7, 11) is 0. The second-order valence-corrected chi connectivity index (χ2v) is 8.54. The molecule has 3 aromatic rings. The summed E-state index contributed by atoms with van der Waals surface area (Å²) in [4.78, 5) is 28.7. The first-order chi connectivity index (χ1) is 16.4. The van der Waals surface area contributed by atoms with E-state index >= 15 is 0 Å². The lowest BCUT2D eigenvalue weighted by Crippen LogP contribution is -2.32. The van der Waals surface area contributed by atoms with Crippen LogP contribution < -0.4 is 15.0 Å². The molecule has 0 saturated heterocycles. The predicted molar refractivity (Wildman–Crippen MR) is 137 cm³/mol. The highest BCUT2D eigenvalue weighted by molar-refractivity contribution is 6.46. The van der Waals surface area contributed by atoms with Gasteiger partial charge in [0.25, 0.3) is 11.8 Å². The lowest BCUT2D eigenvalue weighted by Gasteiger charge is -2.17. The van der Waals surface area contributed by atoms with Gasteiger partial charge in [-0.3, -0.25) is 9.59 Å². The fourth-order valence-corrected chi connectivity index (χ4v) is 4.12. The Morgan fingerprint density at radius 3 is 2.32 bits per heavy atom. The van der Waals surface area contributed by atoms with Crippen LogP contribution >= 0.6 is 0 Å². The zero-order chi connectivity index (χ0) is 24.2. The van der Waals surface area contributed by atoms with Crippen LogP contribution in [-0.4, -0.2) is 18.4 Å². The molecule has 0 atom stereocenters. The van der Waals surface area contributed by atoms with E-state index in [0.29, 0.717) is 23.6 Å². The van der Waals surface area contributed by atoms with Gasteiger partial charge in [0.15, 0.2) is 0 Å². The summed E-state index contributed by atoms with van der Waals surface area (Å²) in [6.07, 6.45) is 1.80. The molecular weight excluding hydrogens is 424 g/mol. The molecule has 0 spiro atoms. The lowest BCUT2D eigenvalue weighted by atomic mass is 9.97. The van der Waals surface area contributed by atoms with Crippen molar-refractivity contribution >= 4 is 28.8 Å². The molecule has 1 heterocycles. The Kier molecular flexibility index (Phi) is 6.82. The van der Waals surface area contributed by atoms with Gasteiger partial charge in [-0.15, -0.1) is 0 Å². The second kappa shape index (κ2) is 9.96. The Morgan fingerprint density at radius 1 is 0.882 bits per heavy atom. The number of benzene rings is 3. The monoisotopic (exact) mass is 454 g/mol. The minimum absolute atomic E-state index is 0.279. The molecule has 4 rings (SSSR count). The fraction of sp³-hybridized carbons (Fsp3) is 0.241. The summed E-state index contributed by atoms with van der Waals surface area (Å²) in [6.45, 7) is 8.66. The molecule has 0 saturated carbocycles. The second-order valence-electron chi connectivity index (χ2n) is 8.54. The van der Waals surface area contributed by atoms with Gasteiger partial charge in [-0.2, -0.15) is 0 Å². The van der Waals surface area contributed by atoms with Crippen molar-refractivity contribution in [1.82, 2.24) is 0 Å². The topological polar surface area (TPSA) is 58.6 Å². The Balaban J connectivity index is 1.78. The highest BCUT2D eigenvalue weighted by atomic mass is 16.5. The zero-order valence-corrected chi connectivity index (χ0v) is 20.1. The van der Waals surface area contributed by atoms with Crippen molar-refractivity contribution in [3.8, 4) is 5.75 Å². The molecule has 0 bridgehead atoms. The SMILES string of the molecule is CCCOc1cccc(N2C(=O)C(Nc3ccc(CC)cc3)=C(c3ccc(C)cc3C)C2=O)c1. The van der Waals surface area contributed by atoms with Crippen LogP contribution in [0.5, 0.6) is 5.75 Å². The van der Waals surface area contributed by atoms with Gasteiger partial charge >= 0.3 is 0 Å². The van der Waals surface area contributed by atoms with Gasteiger partial charge in [-0.05, 0) is 67.6 Å². The van der Waals surface area contributed by atoms with Crippen molar-refractivity contribution in [3.63, 3.8) is 0 Å². The molecule has 1 aliphatic rings. The van der Waals surface area contributed by atoms with E-state index in [0.717, 1.165) is 35.2 Å². The number of nitrogens with one attached hydrogen (secondary N) is 1. The summed E-state index contributed by atoms with van der Waals surface area (Å²) in [6, 6.07) is 20.9. The Bertz CT molecular complexity index is 1260. The molecule has 1 aliphatic heterocycles. The number of ether oxygens (including phenoxy) is 1. The summed E-state index contributed by atoms with van der Waals surface area (Å²) in [5, 5.41) is 3.25. The number of carbonyl (C=O) groups is 2.